The molecule has 0 amide bonds. The molecule has 9 heteroatoms. The van der Waals surface area contributed by atoms with Crippen molar-refractivity contribution in [1.82, 2.24) is 19.7 Å². The number of pyridine rings is 1. The van der Waals surface area contributed by atoms with E-state index in [0.29, 0.717) is 44.7 Å². The molecule has 0 aliphatic heterocycles. The van der Waals surface area contributed by atoms with Gasteiger partial charge in [0.05, 0.1) is 16.6 Å². The van der Waals surface area contributed by atoms with E-state index in [1.165, 1.54) is 0 Å². The van der Waals surface area contributed by atoms with Crippen LogP contribution in [0.1, 0.15) is 16.3 Å². The van der Waals surface area contributed by atoms with Crippen molar-refractivity contribution in [3.05, 3.63) is 89.1 Å². The van der Waals surface area contributed by atoms with Crippen LogP contribution in [0, 0.1) is 0 Å². The topological polar surface area (TPSA) is 63.6 Å². The van der Waals surface area contributed by atoms with Crippen LogP contribution in [-0.2, 0) is 13.0 Å². The Bertz CT molecular complexity index is 1190. The standard InChI is InChI=1S/C19H13BrCl2N4OS/c20-15-9-23-8-14(18(15)27)19-24-17(7-13-2-1-5-28-13)25-26(19)10-11-3-4-12(21)6-16(11)22/h1-6,8-9H,7,10H2,(H,23,27). The minimum Gasteiger partial charge on any atom is -0.366 e. The number of nitrogens with zero attached hydrogens (tertiary/aromatic N) is 3. The van der Waals surface area contributed by atoms with E-state index in [0.717, 1.165) is 10.4 Å². The van der Waals surface area contributed by atoms with Crippen molar-refractivity contribution in [2.24, 2.45) is 0 Å². The van der Waals surface area contributed by atoms with E-state index in [9.17, 15) is 4.79 Å². The normalized spacial score (nSPS) is 11.1. The van der Waals surface area contributed by atoms with E-state index >= 15 is 0 Å². The monoisotopic (exact) mass is 494 g/mol. The fourth-order valence-electron chi connectivity index (χ4n) is 2.78. The Balaban J connectivity index is 1.79. The molecule has 0 unspecified atom stereocenters. The second-order valence-electron chi connectivity index (χ2n) is 6.05. The molecule has 0 fully saturated rings. The van der Waals surface area contributed by atoms with Crippen molar-refractivity contribution in [2.45, 2.75) is 13.0 Å². The maximum atomic E-state index is 12.6. The maximum absolute atomic E-state index is 12.6. The first-order valence-corrected chi connectivity index (χ1v) is 10.7. The molecule has 1 N–H and O–H groups in total. The summed E-state index contributed by atoms with van der Waals surface area (Å²) >= 11 is 17.3. The first-order chi connectivity index (χ1) is 13.5. The van der Waals surface area contributed by atoms with E-state index in [2.05, 4.69) is 31.0 Å². The summed E-state index contributed by atoms with van der Waals surface area (Å²) in [7, 11) is 0. The number of aromatic nitrogens is 4. The summed E-state index contributed by atoms with van der Waals surface area (Å²) < 4.78 is 2.14. The lowest BCUT2D eigenvalue weighted by Crippen LogP contribution is -2.12. The molecular weight excluding hydrogens is 483 g/mol. The van der Waals surface area contributed by atoms with E-state index < -0.39 is 0 Å². The second kappa shape index (κ2) is 8.21. The lowest BCUT2D eigenvalue weighted by Gasteiger charge is -2.08. The third-order valence-corrected chi connectivity index (χ3v) is 6.16. The van der Waals surface area contributed by atoms with Crippen LogP contribution in [0.4, 0.5) is 0 Å². The zero-order valence-corrected chi connectivity index (χ0v) is 18.2. The van der Waals surface area contributed by atoms with E-state index in [4.69, 9.17) is 23.2 Å². The summed E-state index contributed by atoms with van der Waals surface area (Å²) in [6.45, 7) is 0.370. The smallest absolute Gasteiger partial charge is 0.206 e. The Morgan fingerprint density at radius 3 is 2.82 bits per heavy atom. The van der Waals surface area contributed by atoms with Gasteiger partial charge >= 0.3 is 0 Å². The molecule has 28 heavy (non-hydrogen) atoms. The minimum absolute atomic E-state index is 0.155. The van der Waals surface area contributed by atoms with Gasteiger partial charge in [0.25, 0.3) is 0 Å². The van der Waals surface area contributed by atoms with Gasteiger partial charge in [-0.05, 0) is 45.1 Å². The summed E-state index contributed by atoms with van der Waals surface area (Å²) in [5.41, 5.74) is 1.12. The molecule has 0 spiro atoms. The van der Waals surface area contributed by atoms with Crippen molar-refractivity contribution >= 4 is 50.5 Å². The average molecular weight is 496 g/mol. The van der Waals surface area contributed by atoms with Crippen LogP contribution >= 0.6 is 50.5 Å². The van der Waals surface area contributed by atoms with Crippen molar-refractivity contribution in [3.8, 4) is 11.4 Å². The third kappa shape index (κ3) is 4.07. The molecule has 4 aromatic rings. The van der Waals surface area contributed by atoms with Gasteiger partial charge in [0.2, 0.25) is 5.43 Å². The molecule has 0 aliphatic carbocycles. The summed E-state index contributed by atoms with van der Waals surface area (Å²) in [6, 6.07) is 9.34. The molecule has 0 bridgehead atoms. The molecule has 0 aliphatic rings. The molecule has 4 rings (SSSR count). The zero-order valence-electron chi connectivity index (χ0n) is 14.3. The minimum atomic E-state index is -0.155. The number of aromatic amines is 1. The third-order valence-electron chi connectivity index (χ3n) is 4.10. The van der Waals surface area contributed by atoms with Crippen molar-refractivity contribution in [3.63, 3.8) is 0 Å². The number of halogens is 3. The number of hydrogen-bond acceptors (Lipinski definition) is 4. The quantitative estimate of drug-likeness (QED) is 0.403. The highest BCUT2D eigenvalue weighted by Crippen LogP contribution is 2.24. The van der Waals surface area contributed by atoms with Gasteiger partial charge in [-0.3, -0.25) is 4.79 Å². The van der Waals surface area contributed by atoms with Crippen molar-refractivity contribution in [2.75, 3.05) is 0 Å². The summed E-state index contributed by atoms with van der Waals surface area (Å²) in [5, 5.41) is 7.76. The zero-order chi connectivity index (χ0) is 19.7. The predicted molar refractivity (Wildman–Crippen MR) is 116 cm³/mol. The lowest BCUT2D eigenvalue weighted by molar-refractivity contribution is 0.682. The number of thiophene rings is 1. The van der Waals surface area contributed by atoms with Crippen molar-refractivity contribution < 1.29 is 0 Å². The molecule has 0 saturated heterocycles. The van der Waals surface area contributed by atoms with Crippen LogP contribution < -0.4 is 5.43 Å². The van der Waals surface area contributed by atoms with E-state index in [1.54, 1.807) is 40.5 Å². The van der Waals surface area contributed by atoms with Crippen molar-refractivity contribution in [1.29, 1.82) is 0 Å². The van der Waals surface area contributed by atoms with Crippen LogP contribution in [0.25, 0.3) is 11.4 Å². The molecule has 5 nitrogen and oxygen atoms in total. The Morgan fingerprint density at radius 2 is 2.07 bits per heavy atom. The van der Waals surface area contributed by atoms with Crippen LogP contribution in [0.15, 0.2) is 57.4 Å². The van der Waals surface area contributed by atoms with Crippen LogP contribution in [0.2, 0.25) is 10.0 Å². The largest absolute Gasteiger partial charge is 0.366 e. The van der Waals surface area contributed by atoms with Gasteiger partial charge in [0.1, 0.15) is 0 Å². The molecule has 0 saturated carbocycles. The fraction of sp³-hybridized carbons (Fsp3) is 0.105. The predicted octanol–water partition coefficient (Wildman–Crippen LogP) is 5.40. The number of H-pyrrole nitrogens is 1. The van der Waals surface area contributed by atoms with Gasteiger partial charge in [-0.2, -0.15) is 5.10 Å². The lowest BCUT2D eigenvalue weighted by atomic mass is 10.2. The Hall–Kier alpha value is -1.93. The Labute approximate surface area is 183 Å². The molecular formula is C19H13BrCl2N4OS. The van der Waals surface area contributed by atoms with Gasteiger partial charge in [-0.1, -0.05) is 35.3 Å². The maximum Gasteiger partial charge on any atom is 0.206 e. The highest BCUT2D eigenvalue weighted by Gasteiger charge is 2.18. The SMILES string of the molecule is O=c1c(Br)c[nH]cc1-c1nc(Cc2cccs2)nn1Cc1ccc(Cl)cc1Cl. The first kappa shape index (κ1) is 19.4. The molecule has 3 heterocycles. The first-order valence-electron chi connectivity index (χ1n) is 8.28. The van der Waals surface area contributed by atoms with Gasteiger partial charge in [-0.25, -0.2) is 9.67 Å². The van der Waals surface area contributed by atoms with E-state index in [-0.39, 0.29) is 5.43 Å². The van der Waals surface area contributed by atoms with Crippen LogP contribution in [-0.4, -0.2) is 19.7 Å². The molecule has 0 atom stereocenters. The summed E-state index contributed by atoms with van der Waals surface area (Å²) in [6.07, 6.45) is 3.82. The average Bonchev–Trinajstić information content (AvgIpc) is 3.30. The van der Waals surface area contributed by atoms with Gasteiger partial charge in [0, 0.05) is 33.7 Å². The van der Waals surface area contributed by atoms with Gasteiger partial charge in [0.15, 0.2) is 11.6 Å². The van der Waals surface area contributed by atoms with Gasteiger partial charge in [-0.15, -0.1) is 11.3 Å². The molecule has 1 aromatic carbocycles. The Morgan fingerprint density at radius 1 is 1.21 bits per heavy atom. The highest BCUT2D eigenvalue weighted by atomic mass is 79.9. The molecule has 142 valence electrons. The van der Waals surface area contributed by atoms with E-state index in [1.807, 2.05) is 23.6 Å². The number of nitrogens with one attached hydrogen (secondary N) is 1. The highest BCUT2D eigenvalue weighted by molar-refractivity contribution is 9.10. The molecule has 0 radical (unpaired) electrons. The number of benzene rings is 1. The number of rotatable bonds is 5. The second-order valence-corrected chi connectivity index (χ2v) is 8.78. The summed E-state index contributed by atoms with van der Waals surface area (Å²) in [5.74, 6) is 1.13. The number of hydrogen-bond donors (Lipinski definition) is 1. The Kier molecular flexibility index (Phi) is 5.68. The molecule has 3 aromatic heterocycles. The summed E-state index contributed by atoms with van der Waals surface area (Å²) in [4.78, 5) is 21.4. The van der Waals surface area contributed by atoms with Crippen LogP contribution in [0.3, 0.4) is 0 Å². The fourth-order valence-corrected chi connectivity index (χ4v) is 4.29. The van der Waals surface area contributed by atoms with Crippen LogP contribution in [0.5, 0.6) is 0 Å². The van der Waals surface area contributed by atoms with Gasteiger partial charge < -0.3 is 4.98 Å².